The van der Waals surface area contributed by atoms with Crippen molar-refractivity contribution in [3.05, 3.63) is 53.1 Å². The van der Waals surface area contributed by atoms with Gasteiger partial charge >= 0.3 is 0 Å². The predicted molar refractivity (Wildman–Crippen MR) is 76.7 cm³/mol. The molecule has 0 amide bonds. The Hall–Kier alpha value is -2.19. The molecule has 21 heavy (non-hydrogen) atoms. The first-order valence-electron chi connectivity index (χ1n) is 7.08. The van der Waals surface area contributed by atoms with E-state index in [1.54, 1.807) is 10.7 Å². The average molecular weight is 284 g/mol. The van der Waals surface area contributed by atoms with Crippen LogP contribution in [0.1, 0.15) is 35.6 Å². The van der Waals surface area contributed by atoms with Gasteiger partial charge in [-0.05, 0) is 37.6 Å². The van der Waals surface area contributed by atoms with Crippen LogP contribution in [0.3, 0.4) is 0 Å². The summed E-state index contributed by atoms with van der Waals surface area (Å²) in [5.41, 5.74) is 2.26. The SMILES string of the molecule is Cn1cc([C@H]2CCCN2Cc2cc(C#N)ccc2F)cn1. The van der Waals surface area contributed by atoms with Gasteiger partial charge in [0.1, 0.15) is 5.82 Å². The van der Waals surface area contributed by atoms with E-state index in [0.717, 1.165) is 19.4 Å². The fraction of sp³-hybridized carbons (Fsp3) is 0.375. The molecule has 1 aromatic heterocycles. The fourth-order valence-electron chi connectivity index (χ4n) is 2.99. The summed E-state index contributed by atoms with van der Waals surface area (Å²) in [5.74, 6) is -0.245. The number of halogens is 1. The highest BCUT2D eigenvalue weighted by atomic mass is 19.1. The molecule has 0 saturated carbocycles. The Balaban J connectivity index is 1.82. The summed E-state index contributed by atoms with van der Waals surface area (Å²) in [6, 6.07) is 6.89. The van der Waals surface area contributed by atoms with Crippen LogP contribution >= 0.6 is 0 Å². The zero-order valence-electron chi connectivity index (χ0n) is 12.0. The van der Waals surface area contributed by atoms with Crippen LogP contribution in [0.4, 0.5) is 4.39 Å². The maximum Gasteiger partial charge on any atom is 0.127 e. The molecule has 0 spiro atoms. The molecule has 0 aliphatic carbocycles. The molecule has 4 nitrogen and oxygen atoms in total. The maximum atomic E-state index is 13.9. The Kier molecular flexibility index (Phi) is 3.72. The highest BCUT2D eigenvalue weighted by molar-refractivity contribution is 5.34. The van der Waals surface area contributed by atoms with Crippen LogP contribution in [0.15, 0.2) is 30.6 Å². The van der Waals surface area contributed by atoms with Crippen LogP contribution in [0.25, 0.3) is 0 Å². The van der Waals surface area contributed by atoms with Crippen molar-refractivity contribution in [2.45, 2.75) is 25.4 Å². The summed E-state index contributed by atoms with van der Waals surface area (Å²) in [7, 11) is 1.90. The molecular weight excluding hydrogens is 267 g/mol. The summed E-state index contributed by atoms with van der Waals surface area (Å²) < 4.78 is 15.7. The van der Waals surface area contributed by atoms with Crippen LogP contribution in [-0.4, -0.2) is 21.2 Å². The van der Waals surface area contributed by atoms with Gasteiger partial charge in [0.15, 0.2) is 0 Å². The van der Waals surface area contributed by atoms with Gasteiger partial charge in [-0.15, -0.1) is 0 Å². The van der Waals surface area contributed by atoms with Gasteiger partial charge in [0.2, 0.25) is 0 Å². The van der Waals surface area contributed by atoms with Crippen molar-refractivity contribution in [2.24, 2.45) is 7.05 Å². The molecule has 0 bridgehead atoms. The molecule has 5 heteroatoms. The average Bonchev–Trinajstić information content (AvgIpc) is 3.10. The van der Waals surface area contributed by atoms with Crippen LogP contribution in [0.2, 0.25) is 0 Å². The molecule has 2 heterocycles. The largest absolute Gasteiger partial charge is 0.292 e. The lowest BCUT2D eigenvalue weighted by atomic mass is 10.1. The van der Waals surface area contributed by atoms with E-state index in [9.17, 15) is 4.39 Å². The zero-order valence-corrected chi connectivity index (χ0v) is 12.0. The van der Waals surface area contributed by atoms with Crippen molar-refractivity contribution in [3.63, 3.8) is 0 Å². The van der Waals surface area contributed by atoms with Crippen LogP contribution < -0.4 is 0 Å². The first-order chi connectivity index (χ1) is 10.2. The van der Waals surface area contributed by atoms with Gasteiger partial charge in [0.25, 0.3) is 0 Å². The molecule has 1 fully saturated rings. The van der Waals surface area contributed by atoms with E-state index >= 15 is 0 Å². The second-order valence-corrected chi connectivity index (χ2v) is 5.49. The molecule has 1 aliphatic heterocycles. The molecule has 1 saturated heterocycles. The Morgan fingerprint density at radius 2 is 2.33 bits per heavy atom. The summed E-state index contributed by atoms with van der Waals surface area (Å²) >= 11 is 0. The molecule has 0 unspecified atom stereocenters. The zero-order chi connectivity index (χ0) is 14.8. The molecule has 3 rings (SSSR count). The van der Waals surface area contributed by atoms with Gasteiger partial charge in [-0.2, -0.15) is 10.4 Å². The fourth-order valence-corrected chi connectivity index (χ4v) is 2.99. The van der Waals surface area contributed by atoms with Gasteiger partial charge in [-0.25, -0.2) is 4.39 Å². The van der Waals surface area contributed by atoms with Crippen LogP contribution in [0.5, 0.6) is 0 Å². The number of hydrogen-bond acceptors (Lipinski definition) is 3. The number of benzene rings is 1. The highest BCUT2D eigenvalue weighted by Crippen LogP contribution is 2.33. The third-order valence-electron chi connectivity index (χ3n) is 4.02. The van der Waals surface area contributed by atoms with E-state index in [0.29, 0.717) is 17.7 Å². The predicted octanol–water partition coefficient (Wildman–Crippen LogP) is 2.77. The minimum absolute atomic E-state index is 0.245. The van der Waals surface area contributed by atoms with Crippen LogP contribution in [-0.2, 0) is 13.6 Å². The molecule has 1 atom stereocenters. The smallest absolute Gasteiger partial charge is 0.127 e. The van der Waals surface area contributed by atoms with Gasteiger partial charge in [-0.3, -0.25) is 9.58 Å². The number of nitrogens with zero attached hydrogens (tertiary/aromatic N) is 4. The van der Waals surface area contributed by atoms with E-state index in [4.69, 9.17) is 5.26 Å². The van der Waals surface area contributed by atoms with Crippen molar-refractivity contribution >= 4 is 0 Å². The van der Waals surface area contributed by atoms with Gasteiger partial charge in [0.05, 0.1) is 17.8 Å². The van der Waals surface area contributed by atoms with Crippen molar-refractivity contribution < 1.29 is 4.39 Å². The normalized spacial score (nSPS) is 18.8. The van der Waals surface area contributed by atoms with E-state index in [1.807, 2.05) is 19.4 Å². The van der Waals surface area contributed by atoms with E-state index in [1.165, 1.54) is 17.7 Å². The van der Waals surface area contributed by atoms with Crippen molar-refractivity contribution in [2.75, 3.05) is 6.54 Å². The minimum atomic E-state index is -0.245. The molecule has 108 valence electrons. The molecule has 1 aromatic carbocycles. The number of aromatic nitrogens is 2. The second kappa shape index (κ2) is 5.66. The molecule has 0 radical (unpaired) electrons. The van der Waals surface area contributed by atoms with E-state index < -0.39 is 0 Å². The first kappa shape index (κ1) is 13.8. The summed E-state index contributed by atoms with van der Waals surface area (Å²) in [4.78, 5) is 2.26. The van der Waals surface area contributed by atoms with Crippen molar-refractivity contribution in [1.82, 2.24) is 14.7 Å². The van der Waals surface area contributed by atoms with Gasteiger partial charge in [-0.1, -0.05) is 0 Å². The van der Waals surface area contributed by atoms with Crippen molar-refractivity contribution in [1.29, 1.82) is 5.26 Å². The van der Waals surface area contributed by atoms with E-state index in [-0.39, 0.29) is 11.9 Å². The summed E-state index contributed by atoms with van der Waals surface area (Å²) in [5, 5.41) is 13.2. The molecular formula is C16H17FN4. The Bertz CT molecular complexity index is 686. The second-order valence-electron chi connectivity index (χ2n) is 5.49. The Morgan fingerprint density at radius 3 is 3.05 bits per heavy atom. The molecule has 2 aromatic rings. The lowest BCUT2D eigenvalue weighted by molar-refractivity contribution is 0.245. The lowest BCUT2D eigenvalue weighted by Gasteiger charge is -2.23. The van der Waals surface area contributed by atoms with E-state index in [2.05, 4.69) is 16.1 Å². The number of rotatable bonds is 3. The number of hydrogen-bond donors (Lipinski definition) is 0. The molecule has 0 N–H and O–H groups in total. The monoisotopic (exact) mass is 284 g/mol. The quantitative estimate of drug-likeness (QED) is 0.870. The lowest BCUT2D eigenvalue weighted by Crippen LogP contribution is -2.23. The highest BCUT2D eigenvalue weighted by Gasteiger charge is 2.27. The van der Waals surface area contributed by atoms with Crippen LogP contribution in [0, 0.1) is 17.1 Å². The summed E-state index contributed by atoms with van der Waals surface area (Å²) in [6.45, 7) is 1.47. The Labute approximate surface area is 123 Å². The number of aryl methyl sites for hydroxylation is 1. The van der Waals surface area contributed by atoms with Gasteiger partial charge in [0, 0.05) is 37.0 Å². The van der Waals surface area contributed by atoms with Crippen molar-refractivity contribution in [3.8, 4) is 6.07 Å². The maximum absolute atomic E-state index is 13.9. The number of nitriles is 1. The summed E-state index contributed by atoms with van der Waals surface area (Å²) in [6.07, 6.45) is 6.06. The standard InChI is InChI=1S/C16H17FN4/c1-20-10-14(9-19-20)16-3-2-6-21(16)11-13-7-12(8-18)4-5-15(13)17/h4-5,7,9-10,16H,2-3,6,11H2,1H3/t16-/m1/s1. The third kappa shape index (κ3) is 2.81. The van der Waals surface area contributed by atoms with Gasteiger partial charge < -0.3 is 0 Å². The first-order valence-corrected chi connectivity index (χ1v) is 7.08. The third-order valence-corrected chi connectivity index (χ3v) is 4.02. The topological polar surface area (TPSA) is 44.9 Å². The number of likely N-dealkylation sites (tertiary alicyclic amines) is 1. The Morgan fingerprint density at radius 1 is 1.48 bits per heavy atom. The minimum Gasteiger partial charge on any atom is -0.292 e. The molecule has 1 aliphatic rings.